The van der Waals surface area contributed by atoms with Gasteiger partial charge in [-0.15, -0.1) is 0 Å². The molecule has 0 aliphatic rings. The second kappa shape index (κ2) is 5.81. The standard InChI is InChI=1S/C14H16N2O3/c1-15(17)11-3-7-13(8-4-11)19-14-9-5-12(6-10-14)16(2)18/h3-10,15-16H,1-2H3. The maximum atomic E-state index is 11.1. The van der Waals surface area contributed by atoms with Crippen LogP contribution in [-0.4, -0.2) is 14.1 Å². The van der Waals surface area contributed by atoms with E-state index in [4.69, 9.17) is 4.74 Å². The van der Waals surface area contributed by atoms with Crippen molar-refractivity contribution in [3.63, 3.8) is 0 Å². The first kappa shape index (κ1) is 13.5. The first-order chi connectivity index (χ1) is 9.06. The van der Waals surface area contributed by atoms with Crippen molar-refractivity contribution in [1.29, 1.82) is 0 Å². The summed E-state index contributed by atoms with van der Waals surface area (Å²) >= 11 is 0. The summed E-state index contributed by atoms with van der Waals surface area (Å²) in [5.74, 6) is 1.31. The Balaban J connectivity index is 2.08. The molecule has 0 bridgehead atoms. The highest BCUT2D eigenvalue weighted by atomic mass is 16.5. The predicted molar refractivity (Wildman–Crippen MR) is 72.8 cm³/mol. The molecule has 0 saturated heterocycles. The average molecular weight is 260 g/mol. The highest BCUT2D eigenvalue weighted by molar-refractivity contribution is 5.41. The van der Waals surface area contributed by atoms with Crippen LogP contribution in [0.2, 0.25) is 0 Å². The van der Waals surface area contributed by atoms with Gasteiger partial charge in [-0.05, 0) is 24.3 Å². The SMILES string of the molecule is C[NH+]([O-])c1ccc(Oc2ccc([NH+](C)[O-])cc2)cc1. The molecule has 2 aromatic carbocycles. The molecular formula is C14H16N2O3. The molecule has 5 nitrogen and oxygen atoms in total. The van der Waals surface area contributed by atoms with Crippen molar-refractivity contribution in [2.24, 2.45) is 0 Å². The van der Waals surface area contributed by atoms with Crippen LogP contribution in [0, 0.1) is 10.4 Å². The minimum Gasteiger partial charge on any atom is -0.629 e. The van der Waals surface area contributed by atoms with Gasteiger partial charge >= 0.3 is 0 Å². The third-order valence-corrected chi connectivity index (χ3v) is 2.76. The molecule has 2 unspecified atom stereocenters. The summed E-state index contributed by atoms with van der Waals surface area (Å²) in [6.45, 7) is 0. The zero-order valence-corrected chi connectivity index (χ0v) is 10.8. The zero-order valence-electron chi connectivity index (χ0n) is 10.8. The van der Waals surface area contributed by atoms with E-state index in [2.05, 4.69) is 0 Å². The molecule has 0 fully saturated rings. The number of hydrogen-bond donors (Lipinski definition) is 2. The van der Waals surface area contributed by atoms with E-state index in [9.17, 15) is 10.4 Å². The van der Waals surface area contributed by atoms with E-state index in [0.717, 1.165) is 0 Å². The molecular weight excluding hydrogens is 244 g/mol. The first-order valence-electron chi connectivity index (χ1n) is 5.96. The number of quaternary nitrogens is 2. The van der Waals surface area contributed by atoms with Crippen LogP contribution >= 0.6 is 0 Å². The predicted octanol–water partition coefficient (Wildman–Crippen LogP) is 0.767. The van der Waals surface area contributed by atoms with Gasteiger partial charge in [0.05, 0.1) is 14.1 Å². The van der Waals surface area contributed by atoms with Gasteiger partial charge < -0.3 is 25.3 Å². The second-order valence-corrected chi connectivity index (χ2v) is 4.26. The molecule has 2 rings (SSSR count). The number of hydroxylamine groups is 2. The fourth-order valence-electron chi connectivity index (χ4n) is 1.65. The molecule has 19 heavy (non-hydrogen) atoms. The van der Waals surface area contributed by atoms with E-state index in [1.165, 1.54) is 14.1 Å². The molecule has 100 valence electrons. The van der Waals surface area contributed by atoms with Crippen LogP contribution in [0.1, 0.15) is 0 Å². The van der Waals surface area contributed by atoms with Crippen molar-refractivity contribution in [2.75, 3.05) is 14.1 Å². The second-order valence-electron chi connectivity index (χ2n) is 4.26. The number of benzene rings is 2. The van der Waals surface area contributed by atoms with Crippen LogP contribution in [0.15, 0.2) is 48.5 Å². The molecule has 5 heteroatoms. The van der Waals surface area contributed by atoms with E-state index < -0.39 is 0 Å². The molecule has 2 atom stereocenters. The molecule has 0 aromatic heterocycles. The summed E-state index contributed by atoms with van der Waals surface area (Å²) in [7, 11) is 3.05. The van der Waals surface area contributed by atoms with Crippen molar-refractivity contribution in [3.8, 4) is 11.5 Å². The van der Waals surface area contributed by atoms with Gasteiger partial charge in [0.25, 0.3) is 0 Å². The fourth-order valence-corrected chi connectivity index (χ4v) is 1.65. The third-order valence-electron chi connectivity index (χ3n) is 2.76. The quantitative estimate of drug-likeness (QED) is 0.798. The minimum absolute atomic E-state index is 0.0253. The Morgan fingerprint density at radius 2 is 1.00 bits per heavy atom. The highest BCUT2D eigenvalue weighted by Crippen LogP contribution is 2.22. The monoisotopic (exact) mass is 260 g/mol. The van der Waals surface area contributed by atoms with E-state index in [-0.39, 0.29) is 10.1 Å². The zero-order chi connectivity index (χ0) is 13.8. The Hall–Kier alpha value is -1.92. The van der Waals surface area contributed by atoms with Crippen molar-refractivity contribution in [2.45, 2.75) is 0 Å². The summed E-state index contributed by atoms with van der Waals surface area (Å²) in [6, 6.07) is 13.9. The van der Waals surface area contributed by atoms with Crippen molar-refractivity contribution in [3.05, 3.63) is 58.9 Å². The molecule has 2 aromatic rings. The van der Waals surface area contributed by atoms with Crippen molar-refractivity contribution < 1.29 is 14.9 Å². The van der Waals surface area contributed by atoms with Crippen LogP contribution in [0.4, 0.5) is 11.4 Å². The van der Waals surface area contributed by atoms with Crippen LogP contribution in [-0.2, 0) is 0 Å². The molecule has 0 spiro atoms. The number of hydrogen-bond acceptors (Lipinski definition) is 3. The minimum atomic E-state index is 0.0253. The van der Waals surface area contributed by atoms with E-state index in [0.29, 0.717) is 22.9 Å². The van der Waals surface area contributed by atoms with Gasteiger partial charge in [-0.2, -0.15) is 0 Å². The summed E-state index contributed by atoms with van der Waals surface area (Å²) in [5, 5.41) is 22.3. The lowest BCUT2D eigenvalue weighted by Gasteiger charge is -2.16. The summed E-state index contributed by atoms with van der Waals surface area (Å²) in [4.78, 5) is 0. The molecule has 0 aliphatic heterocycles. The van der Waals surface area contributed by atoms with Gasteiger partial charge in [-0.1, -0.05) is 0 Å². The van der Waals surface area contributed by atoms with Gasteiger partial charge in [0.1, 0.15) is 22.9 Å². The highest BCUT2D eigenvalue weighted by Gasteiger charge is 2.02. The molecule has 0 amide bonds. The Kier molecular flexibility index (Phi) is 4.13. The molecule has 0 radical (unpaired) electrons. The Morgan fingerprint density at radius 1 is 0.684 bits per heavy atom. The lowest BCUT2D eigenvalue weighted by atomic mass is 10.3. The van der Waals surface area contributed by atoms with E-state index >= 15 is 0 Å². The van der Waals surface area contributed by atoms with E-state index in [1.807, 2.05) is 0 Å². The lowest BCUT2D eigenvalue weighted by molar-refractivity contribution is -0.751. The van der Waals surface area contributed by atoms with Crippen molar-refractivity contribution >= 4 is 11.4 Å². The van der Waals surface area contributed by atoms with Gasteiger partial charge in [-0.25, -0.2) is 0 Å². The maximum Gasteiger partial charge on any atom is 0.131 e. The first-order valence-corrected chi connectivity index (χ1v) is 5.96. The van der Waals surface area contributed by atoms with Crippen LogP contribution in [0.3, 0.4) is 0 Å². The lowest BCUT2D eigenvalue weighted by Crippen LogP contribution is -2.98. The van der Waals surface area contributed by atoms with Crippen LogP contribution in [0.5, 0.6) is 11.5 Å². The number of nitrogens with one attached hydrogen (secondary N) is 2. The maximum absolute atomic E-state index is 11.1. The van der Waals surface area contributed by atoms with Gasteiger partial charge in [0.15, 0.2) is 0 Å². The third kappa shape index (κ3) is 3.52. The van der Waals surface area contributed by atoms with Crippen LogP contribution in [0.25, 0.3) is 0 Å². The Morgan fingerprint density at radius 3 is 1.26 bits per heavy atom. The molecule has 0 aliphatic carbocycles. The van der Waals surface area contributed by atoms with Gasteiger partial charge in [0.2, 0.25) is 0 Å². The summed E-state index contributed by atoms with van der Waals surface area (Å²) in [5.41, 5.74) is 1.30. The van der Waals surface area contributed by atoms with Crippen LogP contribution < -0.4 is 14.9 Å². The molecule has 0 heterocycles. The van der Waals surface area contributed by atoms with Crippen molar-refractivity contribution in [1.82, 2.24) is 0 Å². The molecule has 0 saturated carbocycles. The average Bonchev–Trinajstić information content (AvgIpc) is 2.40. The smallest absolute Gasteiger partial charge is 0.131 e. The van der Waals surface area contributed by atoms with E-state index in [1.54, 1.807) is 48.5 Å². The normalized spacial score (nSPS) is 13.9. The Bertz CT molecular complexity index is 472. The summed E-state index contributed by atoms with van der Waals surface area (Å²) < 4.78 is 5.63. The largest absolute Gasteiger partial charge is 0.629 e. The number of rotatable bonds is 4. The number of ether oxygens (including phenoxy) is 1. The van der Waals surface area contributed by atoms with Gasteiger partial charge in [-0.3, -0.25) is 0 Å². The Labute approximate surface area is 111 Å². The topological polar surface area (TPSA) is 64.2 Å². The molecule has 2 N–H and O–H groups in total. The fraction of sp³-hybridized carbons (Fsp3) is 0.143. The van der Waals surface area contributed by atoms with Gasteiger partial charge in [0, 0.05) is 24.3 Å². The summed E-state index contributed by atoms with van der Waals surface area (Å²) in [6.07, 6.45) is 0.